The zero-order chi connectivity index (χ0) is 45.8. The highest BCUT2D eigenvalue weighted by Gasteiger charge is 2.19. The molecule has 6 nitrogen and oxygen atoms in total. The Labute approximate surface area is 388 Å². The Morgan fingerprint density at radius 3 is 1.06 bits per heavy atom. The van der Waals surface area contributed by atoms with Gasteiger partial charge in [-0.15, -0.1) is 0 Å². The van der Waals surface area contributed by atoms with Gasteiger partial charge in [0.05, 0.1) is 0 Å². The minimum Gasteiger partial charge on any atom is -0.462 e. The molecule has 6 heteroatoms. The maximum Gasteiger partial charge on any atom is 0.306 e. The Bertz CT molecular complexity index is 1240. The van der Waals surface area contributed by atoms with E-state index in [0.717, 1.165) is 64.2 Å². The van der Waals surface area contributed by atoms with Crippen LogP contribution in [0.4, 0.5) is 0 Å². The van der Waals surface area contributed by atoms with E-state index in [1.165, 1.54) is 128 Å². The molecule has 0 radical (unpaired) electrons. The third-order valence-corrected chi connectivity index (χ3v) is 11.0. The van der Waals surface area contributed by atoms with E-state index in [1.807, 2.05) is 54.7 Å². The summed E-state index contributed by atoms with van der Waals surface area (Å²) in [6, 6.07) is 0. The van der Waals surface area contributed by atoms with Crippen LogP contribution in [0.25, 0.3) is 0 Å². The number of allylic oxidation sites excluding steroid dienone is 14. The van der Waals surface area contributed by atoms with Gasteiger partial charge in [0.15, 0.2) is 6.10 Å². The standard InChI is InChI=1S/C57H96O6/c1-4-7-10-13-16-19-22-25-26-27-28-29-30-33-35-38-41-44-47-50-56(59)62-53-54(63-57(60)51-48-45-42-39-36-32-24-21-18-15-12-9-6-3)52-61-55(58)49-46-43-40-37-34-31-23-20-17-14-11-8-5-2/h9,12,15,18,21,24,27-28,31-32,34,36,39,42,54H,4-8,10-11,13-14,16-17,19-20,22-23,25-26,29-30,33,35,37-38,40-41,43-53H2,1-3H3/b12-9-,18-15-,24-21-,28-27-,34-31-,36-32-,42-39-. The topological polar surface area (TPSA) is 78.9 Å². The summed E-state index contributed by atoms with van der Waals surface area (Å²) < 4.78 is 16.7. The van der Waals surface area contributed by atoms with Gasteiger partial charge in [0.1, 0.15) is 13.2 Å². The molecule has 0 heterocycles. The van der Waals surface area contributed by atoms with Gasteiger partial charge in [-0.3, -0.25) is 14.4 Å². The Balaban J connectivity index is 4.45. The van der Waals surface area contributed by atoms with Crippen LogP contribution in [0.15, 0.2) is 85.1 Å². The number of ether oxygens (including phenoxy) is 3. The highest BCUT2D eigenvalue weighted by molar-refractivity contribution is 5.71. The van der Waals surface area contributed by atoms with Crippen molar-refractivity contribution >= 4 is 17.9 Å². The summed E-state index contributed by atoms with van der Waals surface area (Å²) in [5.41, 5.74) is 0. The number of carbonyl (C=O) groups excluding carboxylic acids is 3. The fraction of sp³-hybridized carbons (Fsp3) is 0.702. The number of esters is 3. The van der Waals surface area contributed by atoms with E-state index >= 15 is 0 Å². The summed E-state index contributed by atoms with van der Waals surface area (Å²) in [5.74, 6) is -1.01. The third-order valence-electron chi connectivity index (χ3n) is 11.0. The molecule has 0 aliphatic rings. The maximum absolute atomic E-state index is 12.7. The molecule has 0 amide bonds. The van der Waals surface area contributed by atoms with Crippen LogP contribution in [-0.2, 0) is 28.6 Å². The zero-order valence-corrected chi connectivity index (χ0v) is 41.1. The van der Waals surface area contributed by atoms with Crippen LogP contribution in [0.5, 0.6) is 0 Å². The van der Waals surface area contributed by atoms with Crippen LogP contribution in [0.3, 0.4) is 0 Å². The van der Waals surface area contributed by atoms with Crippen LogP contribution in [0.2, 0.25) is 0 Å². The lowest BCUT2D eigenvalue weighted by molar-refractivity contribution is -0.167. The van der Waals surface area contributed by atoms with Gasteiger partial charge in [0.2, 0.25) is 0 Å². The quantitative estimate of drug-likeness (QED) is 0.0199. The second-order valence-corrected chi connectivity index (χ2v) is 17.2. The molecular formula is C57H96O6. The first-order valence-corrected chi connectivity index (χ1v) is 26.2. The van der Waals surface area contributed by atoms with Crippen molar-refractivity contribution in [3.8, 4) is 0 Å². The molecule has 63 heavy (non-hydrogen) atoms. The molecule has 0 spiro atoms. The van der Waals surface area contributed by atoms with Gasteiger partial charge in [0.25, 0.3) is 0 Å². The lowest BCUT2D eigenvalue weighted by Crippen LogP contribution is -2.30. The molecule has 0 bridgehead atoms. The molecule has 0 N–H and O–H groups in total. The Morgan fingerprint density at radius 2 is 0.651 bits per heavy atom. The van der Waals surface area contributed by atoms with E-state index in [9.17, 15) is 14.4 Å². The van der Waals surface area contributed by atoms with Gasteiger partial charge in [-0.05, 0) is 83.5 Å². The summed E-state index contributed by atoms with van der Waals surface area (Å²) in [6.07, 6.45) is 65.8. The average Bonchev–Trinajstić information content (AvgIpc) is 3.28. The second kappa shape index (κ2) is 51.2. The van der Waals surface area contributed by atoms with Crippen LogP contribution in [-0.4, -0.2) is 37.2 Å². The van der Waals surface area contributed by atoms with Crippen LogP contribution in [0, 0.1) is 0 Å². The molecule has 0 aromatic heterocycles. The molecule has 0 saturated carbocycles. The second-order valence-electron chi connectivity index (χ2n) is 17.2. The van der Waals surface area contributed by atoms with E-state index in [2.05, 4.69) is 51.2 Å². The number of hydrogen-bond acceptors (Lipinski definition) is 6. The minimum atomic E-state index is -0.820. The lowest BCUT2D eigenvalue weighted by atomic mass is 10.1. The van der Waals surface area contributed by atoms with Gasteiger partial charge in [-0.1, -0.05) is 221 Å². The maximum atomic E-state index is 12.7. The zero-order valence-electron chi connectivity index (χ0n) is 41.1. The number of rotatable bonds is 46. The molecule has 360 valence electrons. The highest BCUT2D eigenvalue weighted by atomic mass is 16.6. The summed E-state index contributed by atoms with van der Waals surface area (Å²) in [5, 5.41) is 0. The first kappa shape index (κ1) is 59.6. The van der Waals surface area contributed by atoms with Crippen molar-refractivity contribution in [1.29, 1.82) is 0 Å². The fourth-order valence-corrected chi connectivity index (χ4v) is 7.05. The summed E-state index contributed by atoms with van der Waals surface area (Å²) in [6.45, 7) is 6.40. The summed E-state index contributed by atoms with van der Waals surface area (Å²) in [7, 11) is 0. The normalized spacial score (nSPS) is 12.7. The smallest absolute Gasteiger partial charge is 0.306 e. The summed E-state index contributed by atoms with van der Waals surface area (Å²) in [4.78, 5) is 37.9. The van der Waals surface area contributed by atoms with E-state index < -0.39 is 6.10 Å². The van der Waals surface area contributed by atoms with Crippen molar-refractivity contribution in [2.45, 2.75) is 245 Å². The van der Waals surface area contributed by atoms with E-state index in [4.69, 9.17) is 14.2 Å². The molecule has 0 aromatic carbocycles. The van der Waals surface area contributed by atoms with Crippen molar-refractivity contribution < 1.29 is 28.6 Å². The van der Waals surface area contributed by atoms with E-state index in [0.29, 0.717) is 19.3 Å². The summed E-state index contributed by atoms with van der Waals surface area (Å²) >= 11 is 0. The molecule has 0 fully saturated rings. The molecular weight excluding hydrogens is 781 g/mol. The monoisotopic (exact) mass is 877 g/mol. The van der Waals surface area contributed by atoms with E-state index in [1.54, 1.807) is 0 Å². The van der Waals surface area contributed by atoms with E-state index in [-0.39, 0.29) is 37.5 Å². The van der Waals surface area contributed by atoms with Gasteiger partial charge < -0.3 is 14.2 Å². The van der Waals surface area contributed by atoms with Gasteiger partial charge in [0, 0.05) is 19.3 Å². The number of hydrogen-bond donors (Lipinski definition) is 0. The molecule has 0 saturated heterocycles. The SMILES string of the molecule is CC\C=C/C=C\C=C/C=C\C=C/CCCC(=O)OC(COC(=O)CCCCC/C=C\CCCCCCCC)COC(=O)CCCCCCCCC/C=C\CCCCCCCCCC. The third kappa shape index (κ3) is 49.5. The first-order valence-electron chi connectivity index (χ1n) is 26.2. The predicted octanol–water partition coefficient (Wildman–Crippen LogP) is 17.2. The van der Waals surface area contributed by atoms with Crippen molar-refractivity contribution in [1.82, 2.24) is 0 Å². The highest BCUT2D eigenvalue weighted by Crippen LogP contribution is 2.14. The fourth-order valence-electron chi connectivity index (χ4n) is 7.05. The van der Waals surface area contributed by atoms with Gasteiger partial charge >= 0.3 is 17.9 Å². The number of carbonyl (C=O) groups is 3. The molecule has 0 aliphatic carbocycles. The molecule has 1 unspecified atom stereocenters. The first-order chi connectivity index (χ1) is 31.0. The van der Waals surface area contributed by atoms with Crippen molar-refractivity contribution in [3.63, 3.8) is 0 Å². The van der Waals surface area contributed by atoms with Crippen molar-refractivity contribution in [2.75, 3.05) is 13.2 Å². The van der Waals surface area contributed by atoms with Crippen LogP contribution < -0.4 is 0 Å². The Kier molecular flexibility index (Phi) is 48.5. The lowest BCUT2D eigenvalue weighted by Gasteiger charge is -2.18. The van der Waals surface area contributed by atoms with Crippen LogP contribution in [0.1, 0.15) is 239 Å². The van der Waals surface area contributed by atoms with Gasteiger partial charge in [-0.25, -0.2) is 0 Å². The van der Waals surface area contributed by atoms with Crippen LogP contribution >= 0.6 is 0 Å². The molecule has 1 atom stereocenters. The Morgan fingerprint density at radius 1 is 0.333 bits per heavy atom. The minimum absolute atomic E-state index is 0.112. The van der Waals surface area contributed by atoms with Gasteiger partial charge in [-0.2, -0.15) is 0 Å². The predicted molar refractivity (Wildman–Crippen MR) is 270 cm³/mol. The molecule has 0 aromatic rings. The van der Waals surface area contributed by atoms with Crippen molar-refractivity contribution in [2.24, 2.45) is 0 Å². The molecule has 0 rings (SSSR count). The van der Waals surface area contributed by atoms with Crippen molar-refractivity contribution in [3.05, 3.63) is 85.1 Å². The largest absolute Gasteiger partial charge is 0.462 e. The average molecular weight is 877 g/mol. The number of unbranched alkanes of at least 4 members (excludes halogenated alkanes) is 25. The molecule has 0 aliphatic heterocycles. The Hall–Kier alpha value is -3.41.